The Hall–Kier alpha value is -0.0800. The predicted octanol–water partition coefficient (Wildman–Crippen LogP) is -1.34. The van der Waals surface area contributed by atoms with Crippen LogP contribution in [0.15, 0.2) is 34.6 Å². The molecule has 0 unspecified atom stereocenters. The third-order valence-electron chi connectivity index (χ3n) is 1.82. The topological polar surface area (TPSA) is 29.9 Å². The molecule has 0 saturated carbocycles. The summed E-state index contributed by atoms with van der Waals surface area (Å²) in [5, 5.41) is 6.18. The van der Waals surface area contributed by atoms with Crippen LogP contribution in [0.4, 0.5) is 0 Å². The number of halogens is 1. The zero-order valence-electron chi connectivity index (χ0n) is 8.35. The number of nitrogens with zero attached hydrogens (tertiary/aromatic N) is 3. The average Bonchev–Trinajstić information content (AvgIpc) is 2.27. The summed E-state index contributed by atoms with van der Waals surface area (Å²) in [5.74, 6) is 0. The minimum atomic E-state index is 0. The fourth-order valence-corrected chi connectivity index (χ4v) is 2.14. The van der Waals surface area contributed by atoms with Crippen LogP contribution in [0.3, 0.4) is 0 Å². The molecule has 3 nitrogen and oxygen atoms in total. The molecule has 0 aromatic carbocycles. The summed E-state index contributed by atoms with van der Waals surface area (Å²) in [4.78, 5) is 4.43. The first kappa shape index (κ1) is 13.0. The SMILES string of the molecule is CSc1nc(SC)c2cccc[n+]2n1.[I-]. The van der Waals surface area contributed by atoms with E-state index in [9.17, 15) is 0 Å². The lowest BCUT2D eigenvalue weighted by atomic mass is 10.4. The lowest BCUT2D eigenvalue weighted by molar-refractivity contribution is -0.588. The van der Waals surface area contributed by atoms with Gasteiger partial charge in [0.05, 0.1) is 0 Å². The second kappa shape index (κ2) is 5.86. The van der Waals surface area contributed by atoms with Crippen molar-refractivity contribution in [1.82, 2.24) is 10.1 Å². The molecule has 0 saturated heterocycles. The molecule has 0 bridgehead atoms. The van der Waals surface area contributed by atoms with Gasteiger partial charge in [0.1, 0.15) is 0 Å². The number of hydrogen-bond acceptors (Lipinski definition) is 4. The second-order valence-corrected chi connectivity index (χ2v) is 4.21. The van der Waals surface area contributed by atoms with Crippen molar-refractivity contribution in [2.75, 3.05) is 12.5 Å². The van der Waals surface area contributed by atoms with Gasteiger partial charge in [-0.3, -0.25) is 0 Å². The Morgan fingerprint density at radius 2 is 2.00 bits per heavy atom. The van der Waals surface area contributed by atoms with E-state index in [0.29, 0.717) is 0 Å². The Labute approximate surface area is 114 Å². The van der Waals surface area contributed by atoms with Gasteiger partial charge in [-0.2, -0.15) is 0 Å². The fourth-order valence-electron chi connectivity index (χ4n) is 1.19. The highest BCUT2D eigenvalue weighted by Gasteiger charge is 2.12. The number of fused-ring (bicyclic) bond motifs is 1. The smallest absolute Gasteiger partial charge is 0.270 e. The predicted molar refractivity (Wildman–Crippen MR) is 58.8 cm³/mol. The average molecular weight is 351 g/mol. The van der Waals surface area contributed by atoms with Gasteiger partial charge in [-0.05, 0) is 23.1 Å². The first-order valence-corrected chi connectivity index (χ1v) is 6.57. The minimum Gasteiger partial charge on any atom is -1.00 e. The molecule has 2 aromatic heterocycles. The van der Waals surface area contributed by atoms with Crippen molar-refractivity contribution in [2.24, 2.45) is 0 Å². The van der Waals surface area contributed by atoms with E-state index in [-0.39, 0.29) is 24.0 Å². The lowest BCUT2D eigenvalue weighted by Crippen LogP contribution is -3.00. The van der Waals surface area contributed by atoms with E-state index in [2.05, 4.69) is 10.1 Å². The standard InChI is InChI=1S/C9H10N3S2.HI/c1-13-8-7-5-3-4-6-12(7)11-9(10-8)14-2;/h3-6H,1-2H3;1H/q+1;/p-1. The summed E-state index contributed by atoms with van der Waals surface area (Å²) >= 11 is 3.20. The van der Waals surface area contributed by atoms with E-state index in [0.717, 1.165) is 15.7 Å². The number of hydrogen-bond donors (Lipinski definition) is 0. The molecule has 15 heavy (non-hydrogen) atoms. The summed E-state index contributed by atoms with van der Waals surface area (Å²) in [6.07, 6.45) is 5.95. The maximum atomic E-state index is 4.43. The van der Waals surface area contributed by atoms with E-state index < -0.39 is 0 Å². The van der Waals surface area contributed by atoms with Gasteiger partial charge in [0.15, 0.2) is 5.03 Å². The van der Waals surface area contributed by atoms with Crippen LogP contribution in [0.25, 0.3) is 5.52 Å². The van der Waals surface area contributed by atoms with Crippen LogP contribution in [0.1, 0.15) is 0 Å². The van der Waals surface area contributed by atoms with Crippen molar-refractivity contribution in [3.63, 3.8) is 0 Å². The first-order chi connectivity index (χ1) is 6.85. The second-order valence-electron chi connectivity index (χ2n) is 2.64. The number of thioether (sulfide) groups is 2. The highest BCUT2D eigenvalue weighted by atomic mass is 127. The molecule has 0 fully saturated rings. The maximum absolute atomic E-state index is 4.43. The van der Waals surface area contributed by atoms with Gasteiger partial charge in [0.25, 0.3) is 10.7 Å². The summed E-state index contributed by atoms with van der Waals surface area (Å²) in [6, 6.07) is 5.99. The molecular formula is C9H10IN3S2. The van der Waals surface area contributed by atoms with Crippen LogP contribution >= 0.6 is 23.5 Å². The van der Waals surface area contributed by atoms with Crippen molar-refractivity contribution >= 4 is 29.0 Å². The summed E-state index contributed by atoms with van der Waals surface area (Å²) in [7, 11) is 0. The molecule has 0 aliphatic heterocycles. The van der Waals surface area contributed by atoms with E-state index in [4.69, 9.17) is 0 Å². The first-order valence-electron chi connectivity index (χ1n) is 4.12. The van der Waals surface area contributed by atoms with Gasteiger partial charge in [-0.1, -0.05) is 11.8 Å². The van der Waals surface area contributed by atoms with Crippen molar-refractivity contribution in [1.29, 1.82) is 0 Å². The van der Waals surface area contributed by atoms with Crippen LogP contribution in [0, 0.1) is 0 Å². The Morgan fingerprint density at radius 1 is 1.20 bits per heavy atom. The van der Waals surface area contributed by atoms with E-state index >= 15 is 0 Å². The van der Waals surface area contributed by atoms with Crippen LogP contribution in [-0.2, 0) is 0 Å². The van der Waals surface area contributed by atoms with Gasteiger partial charge < -0.3 is 24.0 Å². The monoisotopic (exact) mass is 351 g/mol. The van der Waals surface area contributed by atoms with Crippen LogP contribution in [0.5, 0.6) is 0 Å². The molecule has 0 atom stereocenters. The Balaban J connectivity index is 0.00000112. The third-order valence-corrected chi connectivity index (χ3v) is 3.05. The zero-order chi connectivity index (χ0) is 9.97. The highest BCUT2D eigenvalue weighted by Crippen LogP contribution is 2.17. The van der Waals surface area contributed by atoms with Gasteiger partial charge >= 0.3 is 0 Å². The molecule has 0 radical (unpaired) electrons. The largest absolute Gasteiger partial charge is 1.00 e. The molecule has 6 heteroatoms. The molecule has 0 spiro atoms. The number of pyridine rings is 1. The van der Waals surface area contributed by atoms with Gasteiger partial charge in [-0.25, -0.2) is 4.98 Å². The van der Waals surface area contributed by atoms with Crippen molar-refractivity contribution < 1.29 is 28.5 Å². The lowest BCUT2D eigenvalue weighted by Gasteiger charge is -1.96. The summed E-state index contributed by atoms with van der Waals surface area (Å²) < 4.78 is 1.87. The highest BCUT2D eigenvalue weighted by molar-refractivity contribution is 7.99. The van der Waals surface area contributed by atoms with Gasteiger partial charge in [-0.15, -0.1) is 11.8 Å². The van der Waals surface area contributed by atoms with Gasteiger partial charge in [0, 0.05) is 17.2 Å². The Kier molecular flexibility index (Phi) is 5.07. The van der Waals surface area contributed by atoms with Crippen LogP contribution in [0.2, 0.25) is 0 Å². The van der Waals surface area contributed by atoms with Crippen molar-refractivity contribution in [3.8, 4) is 0 Å². The Morgan fingerprint density at radius 3 is 2.67 bits per heavy atom. The van der Waals surface area contributed by atoms with Gasteiger partial charge in [0.2, 0.25) is 6.20 Å². The molecular weight excluding hydrogens is 341 g/mol. The van der Waals surface area contributed by atoms with E-state index in [1.807, 2.05) is 41.4 Å². The molecule has 2 rings (SSSR count). The van der Waals surface area contributed by atoms with Crippen LogP contribution < -0.4 is 28.5 Å². The van der Waals surface area contributed by atoms with E-state index in [1.54, 1.807) is 23.5 Å². The van der Waals surface area contributed by atoms with E-state index in [1.165, 1.54) is 0 Å². The molecule has 0 aliphatic carbocycles. The fraction of sp³-hybridized carbons (Fsp3) is 0.222. The minimum absolute atomic E-state index is 0. The summed E-state index contributed by atoms with van der Waals surface area (Å²) in [5.41, 5.74) is 1.05. The van der Waals surface area contributed by atoms with Crippen molar-refractivity contribution in [2.45, 2.75) is 10.2 Å². The third kappa shape index (κ3) is 2.73. The molecule has 80 valence electrons. The number of aromatic nitrogens is 3. The quantitative estimate of drug-likeness (QED) is 0.381. The summed E-state index contributed by atoms with van der Waals surface area (Å²) in [6.45, 7) is 0. The molecule has 2 heterocycles. The normalized spacial score (nSPS) is 10.0. The van der Waals surface area contributed by atoms with Crippen LogP contribution in [-0.4, -0.2) is 22.6 Å². The molecule has 0 amide bonds. The number of rotatable bonds is 2. The molecule has 2 aromatic rings. The molecule has 0 N–H and O–H groups in total. The maximum Gasteiger partial charge on any atom is 0.270 e. The molecule has 0 aliphatic rings. The van der Waals surface area contributed by atoms with Crippen molar-refractivity contribution in [3.05, 3.63) is 24.4 Å². The zero-order valence-corrected chi connectivity index (χ0v) is 12.1. The Bertz CT molecular complexity index is 464.